The van der Waals surface area contributed by atoms with E-state index in [1.165, 1.54) is 23.7 Å². The third kappa shape index (κ3) is 4.63. The van der Waals surface area contributed by atoms with Crippen molar-refractivity contribution in [2.24, 2.45) is 0 Å². The van der Waals surface area contributed by atoms with Gasteiger partial charge < -0.3 is 10.1 Å². The maximum absolute atomic E-state index is 12.6. The van der Waals surface area contributed by atoms with Gasteiger partial charge in [0.05, 0.1) is 16.0 Å². The molecule has 5 nitrogen and oxygen atoms in total. The number of aromatic nitrogens is 3. The van der Waals surface area contributed by atoms with Crippen molar-refractivity contribution in [3.63, 3.8) is 0 Å². The molecule has 0 saturated heterocycles. The molecule has 0 aliphatic rings. The number of hydrogen-bond donors (Lipinski definition) is 1. The van der Waals surface area contributed by atoms with Gasteiger partial charge in [0.2, 0.25) is 5.88 Å². The zero-order valence-corrected chi connectivity index (χ0v) is 16.9. The predicted molar refractivity (Wildman–Crippen MR) is 110 cm³/mol. The molecule has 0 atom stereocenters. The first-order chi connectivity index (χ1) is 14.4. The number of nitrogens with zero attached hydrogens (tertiary/aromatic N) is 3. The average Bonchev–Trinajstić information content (AvgIpc) is 3.11. The molecule has 0 spiro atoms. The number of anilines is 1. The van der Waals surface area contributed by atoms with Crippen LogP contribution in [0.5, 0.6) is 11.6 Å². The van der Waals surface area contributed by atoms with E-state index < -0.39 is 11.7 Å². The van der Waals surface area contributed by atoms with Gasteiger partial charge >= 0.3 is 6.18 Å². The largest absolute Gasteiger partial charge is 0.439 e. The molecule has 30 heavy (non-hydrogen) atoms. The van der Waals surface area contributed by atoms with Crippen LogP contribution < -0.4 is 10.1 Å². The number of nitrogens with one attached hydrogen (secondary N) is 1. The lowest BCUT2D eigenvalue weighted by atomic mass is 10.1. The van der Waals surface area contributed by atoms with E-state index in [1.54, 1.807) is 12.1 Å². The summed E-state index contributed by atoms with van der Waals surface area (Å²) in [6.45, 7) is 0.638. The molecule has 3 aromatic heterocycles. The van der Waals surface area contributed by atoms with Crippen molar-refractivity contribution in [2.45, 2.75) is 12.6 Å². The highest BCUT2D eigenvalue weighted by molar-refractivity contribution is 7.17. The summed E-state index contributed by atoms with van der Waals surface area (Å²) in [6, 6.07) is 9.38. The van der Waals surface area contributed by atoms with E-state index in [2.05, 4.69) is 20.3 Å². The van der Waals surface area contributed by atoms with Crippen LogP contribution in [0.4, 0.5) is 19.0 Å². The van der Waals surface area contributed by atoms with Crippen molar-refractivity contribution in [2.75, 3.05) is 11.9 Å². The summed E-state index contributed by atoms with van der Waals surface area (Å²) < 4.78 is 43.2. The van der Waals surface area contributed by atoms with Gasteiger partial charge in [0, 0.05) is 24.2 Å². The van der Waals surface area contributed by atoms with E-state index in [9.17, 15) is 13.2 Å². The average molecular weight is 451 g/mol. The summed E-state index contributed by atoms with van der Waals surface area (Å²) in [7, 11) is 0. The van der Waals surface area contributed by atoms with Crippen LogP contribution in [0.15, 0.2) is 54.3 Å². The Bertz CT molecular complexity index is 1150. The highest BCUT2D eigenvalue weighted by atomic mass is 35.5. The zero-order valence-electron chi connectivity index (χ0n) is 15.3. The molecule has 0 fully saturated rings. The smallest absolute Gasteiger partial charge is 0.417 e. The lowest BCUT2D eigenvalue weighted by Crippen LogP contribution is -2.06. The van der Waals surface area contributed by atoms with E-state index >= 15 is 0 Å². The molecule has 4 aromatic rings. The van der Waals surface area contributed by atoms with Crippen molar-refractivity contribution in [1.29, 1.82) is 0 Å². The quantitative estimate of drug-likeness (QED) is 0.378. The molecule has 0 radical (unpaired) electrons. The number of ether oxygens (including phenoxy) is 1. The van der Waals surface area contributed by atoms with Gasteiger partial charge in [-0.3, -0.25) is 0 Å². The normalized spacial score (nSPS) is 11.6. The van der Waals surface area contributed by atoms with Crippen molar-refractivity contribution in [3.05, 3.63) is 70.5 Å². The number of benzene rings is 1. The molecule has 4 rings (SSSR count). The fourth-order valence-corrected chi connectivity index (χ4v) is 3.89. The molecule has 10 heteroatoms. The summed E-state index contributed by atoms with van der Waals surface area (Å²) >= 11 is 7.67. The summed E-state index contributed by atoms with van der Waals surface area (Å²) in [6.07, 6.45) is -1.45. The highest BCUT2D eigenvalue weighted by Crippen LogP contribution is 2.33. The van der Waals surface area contributed by atoms with Gasteiger partial charge in [0.25, 0.3) is 0 Å². The van der Waals surface area contributed by atoms with E-state index in [1.807, 2.05) is 17.5 Å². The van der Waals surface area contributed by atoms with E-state index in [0.717, 1.165) is 34.5 Å². The molecular formula is C20H14ClF3N4OS. The first kappa shape index (κ1) is 20.4. The Morgan fingerprint density at radius 2 is 1.83 bits per heavy atom. The maximum Gasteiger partial charge on any atom is 0.417 e. The summed E-state index contributed by atoms with van der Waals surface area (Å²) in [5.41, 5.74) is 0.236. The molecule has 0 aliphatic heterocycles. The Morgan fingerprint density at radius 1 is 1.03 bits per heavy atom. The second kappa shape index (κ2) is 8.45. The Kier molecular flexibility index (Phi) is 5.74. The van der Waals surface area contributed by atoms with Crippen LogP contribution in [0.3, 0.4) is 0 Å². The zero-order chi connectivity index (χ0) is 21.1. The second-order valence-corrected chi connectivity index (χ2v) is 7.56. The van der Waals surface area contributed by atoms with Crippen molar-refractivity contribution < 1.29 is 17.9 Å². The van der Waals surface area contributed by atoms with Crippen LogP contribution in [0, 0.1) is 0 Å². The molecule has 0 aliphatic carbocycles. The fraction of sp³-hybridized carbons (Fsp3) is 0.150. The Morgan fingerprint density at radius 3 is 2.53 bits per heavy atom. The first-order valence-electron chi connectivity index (χ1n) is 8.82. The van der Waals surface area contributed by atoms with Crippen LogP contribution in [-0.2, 0) is 12.6 Å². The van der Waals surface area contributed by atoms with Gasteiger partial charge in [-0.1, -0.05) is 23.7 Å². The number of alkyl halides is 3. The maximum atomic E-state index is 12.6. The molecule has 1 aromatic carbocycles. The lowest BCUT2D eigenvalue weighted by Gasteiger charge is -2.09. The van der Waals surface area contributed by atoms with Gasteiger partial charge in [-0.05, 0) is 30.2 Å². The molecule has 0 unspecified atom stereocenters. The number of thiophene rings is 1. The molecule has 1 N–H and O–H groups in total. The van der Waals surface area contributed by atoms with E-state index in [-0.39, 0.29) is 5.88 Å². The second-order valence-electron chi connectivity index (χ2n) is 6.29. The molecule has 0 amide bonds. The number of fused-ring (bicyclic) bond motifs is 1. The third-order valence-corrected chi connectivity index (χ3v) is 5.55. The van der Waals surface area contributed by atoms with Crippen LogP contribution in [0.1, 0.15) is 11.1 Å². The minimum atomic E-state index is -4.42. The van der Waals surface area contributed by atoms with Crippen molar-refractivity contribution >= 4 is 39.0 Å². The van der Waals surface area contributed by atoms with Crippen LogP contribution in [0.25, 0.3) is 10.2 Å². The first-order valence-corrected chi connectivity index (χ1v) is 10.1. The van der Waals surface area contributed by atoms with Gasteiger partial charge in [-0.15, -0.1) is 11.3 Å². The minimum Gasteiger partial charge on any atom is -0.439 e. The van der Waals surface area contributed by atoms with Crippen LogP contribution in [-0.4, -0.2) is 21.5 Å². The predicted octanol–water partition coefficient (Wildman–Crippen LogP) is 6.21. The topological polar surface area (TPSA) is 59.9 Å². The lowest BCUT2D eigenvalue weighted by molar-refractivity contribution is -0.137. The van der Waals surface area contributed by atoms with Gasteiger partial charge in [-0.25, -0.2) is 15.0 Å². The van der Waals surface area contributed by atoms with Crippen LogP contribution in [0.2, 0.25) is 5.02 Å². The number of pyridine rings is 1. The number of hydrogen-bond acceptors (Lipinski definition) is 6. The summed E-state index contributed by atoms with van der Waals surface area (Å²) in [5, 5.41) is 6.54. The minimum absolute atomic E-state index is 0.0952. The third-order valence-electron chi connectivity index (χ3n) is 4.24. The SMILES string of the molecule is FC(F)(F)c1ccc(Oc2ccc(CCNc3ncnc4scc(Cl)c34)cc2)nc1. The van der Waals surface area contributed by atoms with Crippen molar-refractivity contribution in [3.8, 4) is 11.6 Å². The number of halogens is 4. The molecule has 0 saturated carbocycles. The molecule has 0 bridgehead atoms. The Balaban J connectivity index is 1.34. The Labute approximate surface area is 178 Å². The van der Waals surface area contributed by atoms with Gasteiger partial charge in [0.1, 0.15) is 22.7 Å². The molecular weight excluding hydrogens is 437 g/mol. The standard InChI is InChI=1S/C20H14ClF3N4OS/c21-15-10-30-19-17(15)18(27-11-28-19)25-8-7-12-1-4-14(5-2-12)29-16-6-3-13(9-26-16)20(22,23)24/h1-6,9-11H,7-8H2,(H,25,27,28). The van der Waals surface area contributed by atoms with Crippen LogP contribution >= 0.6 is 22.9 Å². The molecule has 3 heterocycles. The Hall–Kier alpha value is -2.91. The van der Waals surface area contributed by atoms with E-state index in [0.29, 0.717) is 23.1 Å². The fourth-order valence-electron chi connectivity index (χ4n) is 2.75. The van der Waals surface area contributed by atoms with Gasteiger partial charge in [-0.2, -0.15) is 13.2 Å². The number of rotatable bonds is 6. The highest BCUT2D eigenvalue weighted by Gasteiger charge is 2.30. The van der Waals surface area contributed by atoms with Crippen molar-refractivity contribution in [1.82, 2.24) is 15.0 Å². The monoisotopic (exact) mass is 450 g/mol. The van der Waals surface area contributed by atoms with Gasteiger partial charge in [0.15, 0.2) is 0 Å². The molecule has 154 valence electrons. The summed E-state index contributed by atoms with van der Waals surface area (Å²) in [5.74, 6) is 1.28. The van der Waals surface area contributed by atoms with E-state index in [4.69, 9.17) is 16.3 Å². The summed E-state index contributed by atoms with van der Waals surface area (Å²) in [4.78, 5) is 13.0.